The summed E-state index contributed by atoms with van der Waals surface area (Å²) in [6, 6.07) is 2.53. The van der Waals surface area contributed by atoms with E-state index in [1.807, 2.05) is 0 Å². The van der Waals surface area contributed by atoms with Crippen LogP contribution in [0, 0.1) is 10.1 Å². The van der Waals surface area contributed by atoms with Gasteiger partial charge in [0.15, 0.2) is 0 Å². The fourth-order valence-corrected chi connectivity index (χ4v) is 1.50. The van der Waals surface area contributed by atoms with E-state index in [-0.39, 0.29) is 18.0 Å². The minimum absolute atomic E-state index is 0.0301. The molecule has 0 saturated heterocycles. The predicted molar refractivity (Wildman–Crippen MR) is 53.2 cm³/mol. The summed E-state index contributed by atoms with van der Waals surface area (Å²) in [5, 5.41) is 20.0. The van der Waals surface area contributed by atoms with Crippen LogP contribution >= 0.6 is 15.9 Å². The number of phenols is 1. The van der Waals surface area contributed by atoms with Gasteiger partial charge in [-0.2, -0.15) is 0 Å². The summed E-state index contributed by atoms with van der Waals surface area (Å²) in [5.74, 6) is -0.0301. The first-order valence-electron chi connectivity index (χ1n) is 3.71. The summed E-state index contributed by atoms with van der Waals surface area (Å²) in [4.78, 5) is 9.96. The minimum Gasteiger partial charge on any atom is -0.506 e. The summed E-state index contributed by atoms with van der Waals surface area (Å²) < 4.78 is 5.09. The van der Waals surface area contributed by atoms with Crippen molar-refractivity contribution in [2.75, 3.05) is 7.11 Å². The van der Waals surface area contributed by atoms with Gasteiger partial charge in [-0.05, 0) is 15.9 Å². The molecule has 0 saturated carbocycles. The molecule has 1 aromatic carbocycles. The molecule has 0 atom stereocenters. The molecular weight excluding hydrogens is 254 g/mol. The van der Waals surface area contributed by atoms with Gasteiger partial charge in [-0.25, -0.2) is 0 Å². The third-order valence-corrected chi connectivity index (χ3v) is 2.24. The average Bonchev–Trinajstić information content (AvgIpc) is 2.12. The molecular formula is C8H8BrNO4. The number of phenolic OH excluding ortho intramolecular Hbond substituents is 1. The number of methoxy groups -OCH3 is 1. The first-order valence-corrected chi connectivity index (χ1v) is 4.50. The van der Waals surface area contributed by atoms with Crippen LogP contribution in [-0.2, 0) is 11.3 Å². The Hall–Kier alpha value is -1.14. The number of nitro benzene ring substituents is 1. The van der Waals surface area contributed by atoms with Crippen molar-refractivity contribution in [1.29, 1.82) is 0 Å². The summed E-state index contributed by atoms with van der Waals surface area (Å²) in [6.45, 7) is 0.131. The Balaban J connectivity index is 3.20. The number of nitro groups is 1. The summed E-state index contributed by atoms with van der Waals surface area (Å²) in [5.41, 5.74) is 0.301. The van der Waals surface area contributed by atoms with Crippen LogP contribution in [0.2, 0.25) is 0 Å². The second-order valence-electron chi connectivity index (χ2n) is 2.63. The Kier molecular flexibility index (Phi) is 3.43. The van der Waals surface area contributed by atoms with Crippen molar-refractivity contribution < 1.29 is 14.8 Å². The van der Waals surface area contributed by atoms with Crippen molar-refractivity contribution in [3.05, 3.63) is 32.3 Å². The number of benzene rings is 1. The molecule has 0 bridgehead atoms. The van der Waals surface area contributed by atoms with E-state index in [9.17, 15) is 15.2 Å². The van der Waals surface area contributed by atoms with Crippen molar-refractivity contribution in [1.82, 2.24) is 0 Å². The van der Waals surface area contributed by atoms with E-state index >= 15 is 0 Å². The van der Waals surface area contributed by atoms with Gasteiger partial charge in [-0.1, -0.05) is 0 Å². The standard InChI is InChI=1S/C8H8BrNO4/c1-14-4-5-2-6(10(12)13)3-7(9)8(5)11/h2-3,11H,4H2,1H3. The van der Waals surface area contributed by atoms with Crippen LogP contribution < -0.4 is 0 Å². The molecule has 1 aromatic rings. The van der Waals surface area contributed by atoms with E-state index in [1.54, 1.807) is 0 Å². The maximum atomic E-state index is 10.5. The molecule has 14 heavy (non-hydrogen) atoms. The highest BCUT2D eigenvalue weighted by molar-refractivity contribution is 9.10. The van der Waals surface area contributed by atoms with Crippen molar-refractivity contribution in [3.63, 3.8) is 0 Å². The number of non-ortho nitro benzene ring substituents is 1. The molecule has 6 heteroatoms. The largest absolute Gasteiger partial charge is 0.506 e. The van der Waals surface area contributed by atoms with Crippen LogP contribution in [0.3, 0.4) is 0 Å². The molecule has 0 amide bonds. The lowest BCUT2D eigenvalue weighted by Gasteiger charge is -2.04. The Morgan fingerprint density at radius 1 is 1.64 bits per heavy atom. The number of rotatable bonds is 3. The predicted octanol–water partition coefficient (Wildman–Crippen LogP) is 2.21. The van der Waals surface area contributed by atoms with Crippen molar-refractivity contribution in [3.8, 4) is 5.75 Å². The molecule has 0 aliphatic heterocycles. The van der Waals surface area contributed by atoms with Crippen LogP contribution in [0.1, 0.15) is 5.56 Å². The van der Waals surface area contributed by atoms with Gasteiger partial charge < -0.3 is 9.84 Å². The number of aromatic hydroxyl groups is 1. The quantitative estimate of drug-likeness (QED) is 0.669. The monoisotopic (exact) mass is 261 g/mol. The first kappa shape index (κ1) is 10.9. The van der Waals surface area contributed by atoms with Crippen LogP contribution in [0.5, 0.6) is 5.75 Å². The minimum atomic E-state index is -0.524. The van der Waals surface area contributed by atoms with Crippen molar-refractivity contribution in [2.24, 2.45) is 0 Å². The van der Waals surface area contributed by atoms with E-state index < -0.39 is 4.92 Å². The van der Waals surface area contributed by atoms with Crippen molar-refractivity contribution in [2.45, 2.75) is 6.61 Å². The number of halogens is 1. The molecule has 5 nitrogen and oxygen atoms in total. The zero-order chi connectivity index (χ0) is 10.7. The van der Waals surface area contributed by atoms with E-state index in [1.165, 1.54) is 19.2 Å². The van der Waals surface area contributed by atoms with Gasteiger partial charge in [0.1, 0.15) is 5.75 Å². The molecule has 0 spiro atoms. The topological polar surface area (TPSA) is 72.6 Å². The van der Waals surface area contributed by atoms with Crippen LogP contribution in [0.15, 0.2) is 16.6 Å². The summed E-state index contributed by atoms with van der Waals surface area (Å²) in [7, 11) is 1.45. The Labute approximate surface area is 88.6 Å². The molecule has 0 heterocycles. The van der Waals surface area contributed by atoms with Gasteiger partial charge in [0, 0.05) is 24.8 Å². The number of hydrogen-bond donors (Lipinski definition) is 1. The second-order valence-corrected chi connectivity index (χ2v) is 3.48. The van der Waals surface area contributed by atoms with Crippen molar-refractivity contribution >= 4 is 21.6 Å². The molecule has 1 N–H and O–H groups in total. The molecule has 0 aromatic heterocycles. The summed E-state index contributed by atoms with van der Waals surface area (Å²) in [6.07, 6.45) is 0. The highest BCUT2D eigenvalue weighted by atomic mass is 79.9. The second kappa shape index (κ2) is 4.39. The fourth-order valence-electron chi connectivity index (χ4n) is 1.01. The summed E-state index contributed by atoms with van der Waals surface area (Å²) >= 11 is 3.03. The van der Waals surface area contributed by atoms with E-state index in [0.29, 0.717) is 10.0 Å². The molecule has 76 valence electrons. The molecule has 0 aliphatic rings. The van der Waals surface area contributed by atoms with Gasteiger partial charge >= 0.3 is 0 Å². The van der Waals surface area contributed by atoms with Crippen LogP contribution in [0.25, 0.3) is 0 Å². The third-order valence-electron chi connectivity index (χ3n) is 1.64. The Morgan fingerprint density at radius 3 is 2.79 bits per heavy atom. The highest BCUT2D eigenvalue weighted by Crippen LogP contribution is 2.32. The molecule has 0 unspecified atom stereocenters. The van der Waals surface area contributed by atoms with E-state index in [0.717, 1.165) is 0 Å². The number of nitrogens with zero attached hydrogens (tertiary/aromatic N) is 1. The maximum Gasteiger partial charge on any atom is 0.271 e. The van der Waals surface area contributed by atoms with Gasteiger partial charge in [-0.15, -0.1) is 0 Å². The lowest BCUT2D eigenvalue weighted by Crippen LogP contribution is -1.93. The molecule has 0 radical (unpaired) electrons. The van der Waals surface area contributed by atoms with Gasteiger partial charge in [-0.3, -0.25) is 10.1 Å². The smallest absolute Gasteiger partial charge is 0.271 e. The Morgan fingerprint density at radius 2 is 2.29 bits per heavy atom. The highest BCUT2D eigenvalue weighted by Gasteiger charge is 2.14. The molecule has 1 rings (SSSR count). The molecule has 0 aliphatic carbocycles. The SMILES string of the molecule is COCc1cc([N+](=O)[O-])cc(Br)c1O. The Bertz CT molecular complexity index is 367. The normalized spacial score (nSPS) is 10.1. The van der Waals surface area contributed by atoms with Gasteiger partial charge in [0.2, 0.25) is 0 Å². The van der Waals surface area contributed by atoms with E-state index in [2.05, 4.69) is 15.9 Å². The fraction of sp³-hybridized carbons (Fsp3) is 0.250. The number of ether oxygens (including phenoxy) is 1. The van der Waals surface area contributed by atoms with Gasteiger partial charge in [0.25, 0.3) is 5.69 Å². The lowest BCUT2D eigenvalue weighted by molar-refractivity contribution is -0.385. The zero-order valence-electron chi connectivity index (χ0n) is 7.36. The maximum absolute atomic E-state index is 10.5. The molecule has 0 fully saturated rings. The lowest BCUT2D eigenvalue weighted by atomic mass is 10.2. The van der Waals surface area contributed by atoms with Crippen LogP contribution in [0.4, 0.5) is 5.69 Å². The zero-order valence-corrected chi connectivity index (χ0v) is 8.94. The number of hydrogen-bond acceptors (Lipinski definition) is 4. The van der Waals surface area contributed by atoms with E-state index in [4.69, 9.17) is 4.74 Å². The van der Waals surface area contributed by atoms with Gasteiger partial charge in [0.05, 0.1) is 16.0 Å². The third kappa shape index (κ3) is 2.21. The average molecular weight is 262 g/mol. The van der Waals surface area contributed by atoms with Crippen LogP contribution in [-0.4, -0.2) is 17.1 Å². The first-order chi connectivity index (χ1) is 6.56.